The van der Waals surface area contributed by atoms with E-state index in [9.17, 15) is 14.0 Å². The first-order chi connectivity index (χ1) is 14.5. The quantitative estimate of drug-likeness (QED) is 0.560. The third kappa shape index (κ3) is 5.96. The van der Waals surface area contributed by atoms with Gasteiger partial charge in [-0.15, -0.1) is 0 Å². The van der Waals surface area contributed by atoms with Crippen molar-refractivity contribution in [3.63, 3.8) is 0 Å². The van der Waals surface area contributed by atoms with Crippen LogP contribution in [0, 0.1) is 5.82 Å². The molecule has 0 fully saturated rings. The van der Waals surface area contributed by atoms with Crippen LogP contribution in [0.1, 0.15) is 15.9 Å². The second-order valence-electron chi connectivity index (χ2n) is 6.13. The fourth-order valence-corrected chi connectivity index (χ4v) is 2.58. The van der Waals surface area contributed by atoms with Crippen molar-refractivity contribution in [3.8, 4) is 11.5 Å². The molecule has 3 aromatic carbocycles. The smallest absolute Gasteiger partial charge is 0.276 e. The highest BCUT2D eigenvalue weighted by Crippen LogP contribution is 2.20. The lowest BCUT2D eigenvalue weighted by atomic mass is 10.2. The van der Waals surface area contributed by atoms with Crippen molar-refractivity contribution in [1.29, 1.82) is 0 Å². The number of nitrogens with one attached hydrogen (secondary N) is 2. The monoisotopic (exact) mass is 428 g/mol. The van der Waals surface area contributed by atoms with Crippen LogP contribution in [0.4, 0.5) is 4.39 Å². The predicted molar refractivity (Wildman–Crippen MR) is 110 cm³/mol. The van der Waals surface area contributed by atoms with Gasteiger partial charge in [-0.05, 0) is 42.0 Å². The third-order valence-electron chi connectivity index (χ3n) is 3.95. The Kier molecular flexibility index (Phi) is 7.24. The van der Waals surface area contributed by atoms with Gasteiger partial charge in [-0.2, -0.15) is 0 Å². The van der Waals surface area contributed by atoms with Gasteiger partial charge in [0.1, 0.15) is 12.4 Å². The first-order valence-corrected chi connectivity index (χ1v) is 9.33. The summed E-state index contributed by atoms with van der Waals surface area (Å²) >= 11 is 5.87. The molecule has 2 amide bonds. The lowest BCUT2D eigenvalue weighted by molar-refractivity contribution is -0.123. The Morgan fingerprint density at radius 3 is 2.23 bits per heavy atom. The van der Waals surface area contributed by atoms with Crippen molar-refractivity contribution in [2.75, 3.05) is 6.61 Å². The van der Waals surface area contributed by atoms with E-state index in [2.05, 4.69) is 10.9 Å². The van der Waals surface area contributed by atoms with E-state index >= 15 is 0 Å². The first kappa shape index (κ1) is 21.1. The molecule has 0 unspecified atom stereocenters. The van der Waals surface area contributed by atoms with Crippen LogP contribution in [0.2, 0.25) is 5.02 Å². The van der Waals surface area contributed by atoms with Crippen molar-refractivity contribution in [1.82, 2.24) is 10.9 Å². The minimum atomic E-state index is -0.647. The van der Waals surface area contributed by atoms with E-state index < -0.39 is 24.2 Å². The largest absolute Gasteiger partial charge is 0.488 e. The summed E-state index contributed by atoms with van der Waals surface area (Å²) in [5.41, 5.74) is 5.63. The van der Waals surface area contributed by atoms with Gasteiger partial charge in [0.05, 0.1) is 5.56 Å². The molecular weight excluding hydrogens is 411 g/mol. The van der Waals surface area contributed by atoms with Crippen LogP contribution in [0.25, 0.3) is 0 Å². The lowest BCUT2D eigenvalue weighted by Gasteiger charge is -2.13. The van der Waals surface area contributed by atoms with Crippen molar-refractivity contribution < 1.29 is 23.5 Å². The Balaban J connectivity index is 1.53. The molecule has 0 saturated heterocycles. The van der Waals surface area contributed by atoms with Crippen LogP contribution < -0.4 is 20.3 Å². The van der Waals surface area contributed by atoms with E-state index in [4.69, 9.17) is 21.1 Å². The molecule has 3 rings (SSSR count). The number of amides is 2. The molecule has 6 nitrogen and oxygen atoms in total. The molecule has 0 aromatic heterocycles. The van der Waals surface area contributed by atoms with Crippen molar-refractivity contribution in [3.05, 3.63) is 94.8 Å². The number of hydrogen-bond acceptors (Lipinski definition) is 4. The Labute approximate surface area is 177 Å². The number of halogens is 2. The van der Waals surface area contributed by atoms with Gasteiger partial charge < -0.3 is 9.47 Å². The number of rotatable bonds is 7. The summed E-state index contributed by atoms with van der Waals surface area (Å²) in [6.07, 6.45) is 0. The van der Waals surface area contributed by atoms with Gasteiger partial charge in [-0.25, -0.2) is 4.39 Å². The third-order valence-corrected chi connectivity index (χ3v) is 4.20. The van der Waals surface area contributed by atoms with Gasteiger partial charge in [0.2, 0.25) is 0 Å². The van der Waals surface area contributed by atoms with E-state index in [0.29, 0.717) is 10.8 Å². The fraction of sp³-hybridized carbons (Fsp3) is 0.0909. The second-order valence-corrected chi connectivity index (χ2v) is 6.57. The van der Waals surface area contributed by atoms with Gasteiger partial charge in [0.15, 0.2) is 18.2 Å². The maximum atomic E-state index is 13.5. The average molecular weight is 429 g/mol. The Morgan fingerprint density at radius 2 is 1.50 bits per heavy atom. The Hall–Kier alpha value is -3.58. The molecule has 0 radical (unpaired) electrons. The lowest BCUT2D eigenvalue weighted by Crippen LogP contribution is -2.44. The molecule has 0 bridgehead atoms. The minimum absolute atomic E-state index is 0.0556. The van der Waals surface area contributed by atoms with Crippen molar-refractivity contribution in [2.24, 2.45) is 0 Å². The molecule has 0 heterocycles. The zero-order valence-corrected chi connectivity index (χ0v) is 16.5. The number of para-hydroxylation sites is 2. The van der Waals surface area contributed by atoms with Gasteiger partial charge in [-0.1, -0.05) is 48.0 Å². The van der Waals surface area contributed by atoms with Gasteiger partial charge in [-0.3, -0.25) is 20.4 Å². The summed E-state index contributed by atoms with van der Waals surface area (Å²) in [5, 5.41) is 0.619. The summed E-state index contributed by atoms with van der Waals surface area (Å²) in [6, 6.07) is 19.5. The fourth-order valence-electron chi connectivity index (χ4n) is 2.46. The van der Waals surface area contributed by atoms with E-state index in [1.807, 2.05) is 12.1 Å². The normalized spacial score (nSPS) is 10.2. The maximum absolute atomic E-state index is 13.5. The SMILES string of the molecule is O=C(COc1ccccc1F)NNC(=O)c1ccccc1OCc1ccc(Cl)cc1. The van der Waals surface area contributed by atoms with Crippen LogP contribution in [-0.2, 0) is 11.4 Å². The highest BCUT2D eigenvalue weighted by Gasteiger charge is 2.14. The number of benzene rings is 3. The molecule has 3 aromatic rings. The number of carbonyl (C=O) groups excluding carboxylic acids is 2. The molecule has 0 aliphatic heterocycles. The summed E-state index contributed by atoms with van der Waals surface area (Å²) < 4.78 is 24.3. The van der Waals surface area contributed by atoms with Crippen molar-refractivity contribution >= 4 is 23.4 Å². The molecule has 0 atom stereocenters. The first-order valence-electron chi connectivity index (χ1n) is 8.95. The van der Waals surface area contributed by atoms with E-state index in [0.717, 1.165) is 5.56 Å². The van der Waals surface area contributed by atoms with Gasteiger partial charge in [0, 0.05) is 5.02 Å². The molecule has 0 aliphatic carbocycles. The molecule has 0 aliphatic rings. The number of hydrazine groups is 1. The van der Waals surface area contributed by atoms with Crippen LogP contribution in [0.3, 0.4) is 0 Å². The molecule has 154 valence electrons. The standard InChI is InChI=1S/C22H18ClFN2O4/c23-16-11-9-15(10-12-16)13-29-19-7-3-1-5-17(19)22(28)26-25-21(27)14-30-20-8-4-2-6-18(20)24/h1-12H,13-14H2,(H,25,27)(H,26,28). The van der Waals surface area contributed by atoms with Gasteiger partial charge in [0.25, 0.3) is 11.8 Å². The highest BCUT2D eigenvalue weighted by molar-refractivity contribution is 6.30. The van der Waals surface area contributed by atoms with Crippen molar-refractivity contribution in [2.45, 2.75) is 6.61 Å². The van der Waals surface area contributed by atoms with Crippen LogP contribution >= 0.6 is 11.6 Å². The average Bonchev–Trinajstić information content (AvgIpc) is 2.76. The Morgan fingerprint density at radius 1 is 0.833 bits per heavy atom. The summed E-state index contributed by atoms with van der Waals surface area (Å²) in [6.45, 7) is -0.222. The molecule has 0 spiro atoms. The number of ether oxygens (including phenoxy) is 2. The molecule has 0 saturated carbocycles. The summed E-state index contributed by atoms with van der Waals surface area (Å²) in [4.78, 5) is 24.3. The summed E-state index contributed by atoms with van der Waals surface area (Å²) in [7, 11) is 0. The highest BCUT2D eigenvalue weighted by atomic mass is 35.5. The van der Waals surface area contributed by atoms with E-state index in [-0.39, 0.29) is 17.9 Å². The topological polar surface area (TPSA) is 76.7 Å². The van der Waals surface area contributed by atoms with Crippen LogP contribution in [0.15, 0.2) is 72.8 Å². The molecular formula is C22H18ClFN2O4. The number of carbonyl (C=O) groups is 2. The van der Waals surface area contributed by atoms with Crippen LogP contribution in [0.5, 0.6) is 11.5 Å². The number of hydrogen-bond donors (Lipinski definition) is 2. The van der Waals surface area contributed by atoms with Gasteiger partial charge >= 0.3 is 0 Å². The predicted octanol–water partition coefficient (Wildman–Crippen LogP) is 3.90. The maximum Gasteiger partial charge on any atom is 0.276 e. The zero-order chi connectivity index (χ0) is 21.3. The zero-order valence-electron chi connectivity index (χ0n) is 15.7. The molecule has 30 heavy (non-hydrogen) atoms. The summed E-state index contributed by atoms with van der Waals surface area (Å²) in [5.74, 6) is -1.50. The molecule has 2 N–H and O–H groups in total. The minimum Gasteiger partial charge on any atom is -0.488 e. The van der Waals surface area contributed by atoms with Crippen LogP contribution in [-0.4, -0.2) is 18.4 Å². The molecule has 8 heteroatoms. The van der Waals surface area contributed by atoms with E-state index in [1.54, 1.807) is 42.5 Å². The second kappa shape index (κ2) is 10.3. The Bertz CT molecular complexity index is 1030. The van der Waals surface area contributed by atoms with E-state index in [1.165, 1.54) is 18.2 Å².